The van der Waals surface area contributed by atoms with Gasteiger partial charge in [-0.3, -0.25) is 4.79 Å². The van der Waals surface area contributed by atoms with Crippen molar-refractivity contribution in [2.75, 3.05) is 0 Å². The van der Waals surface area contributed by atoms with Crippen molar-refractivity contribution in [3.63, 3.8) is 0 Å². The summed E-state index contributed by atoms with van der Waals surface area (Å²) in [5.41, 5.74) is 0.213. The molecule has 1 nitrogen and oxygen atoms in total. The average Bonchev–Trinajstić information content (AvgIpc) is 2.06. The zero-order valence-electron chi connectivity index (χ0n) is 11.6. The lowest BCUT2D eigenvalue weighted by molar-refractivity contribution is -0.123. The maximum atomic E-state index is 11.7. The summed E-state index contributed by atoms with van der Waals surface area (Å²) in [6.45, 7) is 13.3. The first-order valence-corrected chi connectivity index (χ1v) is 6.34. The number of rotatable bonds is 2. The first kappa shape index (κ1) is 13.5. The van der Waals surface area contributed by atoms with Crippen molar-refractivity contribution in [1.82, 2.24) is 0 Å². The molecule has 0 radical (unpaired) electrons. The number of hydrogen-bond acceptors (Lipinski definition) is 1. The third-order valence-electron chi connectivity index (χ3n) is 3.57. The lowest BCUT2D eigenvalue weighted by atomic mass is 9.69. The Hall–Kier alpha value is -0.590. The molecule has 0 saturated heterocycles. The van der Waals surface area contributed by atoms with Gasteiger partial charge in [-0.15, -0.1) is 0 Å². The molecule has 0 heterocycles. The Labute approximate surface area is 100 Å². The molecule has 1 rings (SSSR count). The molecule has 2 unspecified atom stereocenters. The van der Waals surface area contributed by atoms with E-state index in [1.807, 2.05) is 0 Å². The van der Waals surface area contributed by atoms with Crippen molar-refractivity contribution in [3.05, 3.63) is 12.2 Å². The molecular formula is C15H26O. The number of ketones is 1. The molecule has 0 N–H and O–H groups in total. The van der Waals surface area contributed by atoms with E-state index >= 15 is 0 Å². The Morgan fingerprint density at radius 2 is 2.00 bits per heavy atom. The Kier molecular flexibility index (Phi) is 3.66. The highest BCUT2D eigenvalue weighted by Crippen LogP contribution is 2.39. The molecule has 1 heteroatoms. The van der Waals surface area contributed by atoms with Crippen LogP contribution in [0.4, 0.5) is 0 Å². The normalized spacial score (nSPS) is 26.9. The highest BCUT2D eigenvalue weighted by atomic mass is 16.1. The van der Waals surface area contributed by atoms with E-state index in [-0.39, 0.29) is 11.2 Å². The summed E-state index contributed by atoms with van der Waals surface area (Å²) in [4.78, 5) is 11.7. The van der Waals surface area contributed by atoms with Crippen LogP contribution in [0.1, 0.15) is 54.4 Å². The lowest BCUT2D eigenvalue weighted by Crippen LogP contribution is -2.32. The third kappa shape index (κ3) is 3.47. The van der Waals surface area contributed by atoms with E-state index in [2.05, 4.69) is 47.6 Å². The first-order valence-electron chi connectivity index (χ1n) is 6.34. The van der Waals surface area contributed by atoms with Gasteiger partial charge >= 0.3 is 0 Å². The molecule has 2 atom stereocenters. The second kappa shape index (κ2) is 4.35. The van der Waals surface area contributed by atoms with Gasteiger partial charge in [-0.05, 0) is 36.2 Å². The molecule has 0 amide bonds. The van der Waals surface area contributed by atoms with Crippen LogP contribution in [0, 0.1) is 22.7 Å². The molecule has 0 fully saturated rings. The van der Waals surface area contributed by atoms with Crippen molar-refractivity contribution >= 4 is 5.78 Å². The molecule has 0 spiro atoms. The smallest absolute Gasteiger partial charge is 0.160 e. The fourth-order valence-electron chi connectivity index (χ4n) is 2.70. The topological polar surface area (TPSA) is 17.1 Å². The SMILES string of the molecule is CC(CC(C)(C)C)C1C=CC(=O)C(C)(C)C1. The Morgan fingerprint density at radius 1 is 1.44 bits per heavy atom. The van der Waals surface area contributed by atoms with Gasteiger partial charge in [0.1, 0.15) is 0 Å². The van der Waals surface area contributed by atoms with E-state index in [1.165, 1.54) is 6.42 Å². The average molecular weight is 222 g/mol. The van der Waals surface area contributed by atoms with Crippen LogP contribution in [0.15, 0.2) is 12.2 Å². The summed E-state index contributed by atoms with van der Waals surface area (Å²) in [5, 5.41) is 0. The Bertz CT molecular complexity index is 291. The monoisotopic (exact) mass is 222 g/mol. The van der Waals surface area contributed by atoms with E-state index < -0.39 is 0 Å². The maximum Gasteiger partial charge on any atom is 0.160 e. The minimum Gasteiger partial charge on any atom is -0.294 e. The van der Waals surface area contributed by atoms with Gasteiger partial charge in [0, 0.05) is 5.41 Å². The van der Waals surface area contributed by atoms with E-state index in [1.54, 1.807) is 6.08 Å². The Morgan fingerprint density at radius 3 is 2.44 bits per heavy atom. The molecule has 92 valence electrons. The summed E-state index contributed by atoms with van der Waals surface area (Å²) >= 11 is 0. The quantitative estimate of drug-likeness (QED) is 0.683. The van der Waals surface area contributed by atoms with Gasteiger partial charge in [0.05, 0.1) is 0 Å². The van der Waals surface area contributed by atoms with E-state index in [0.717, 1.165) is 6.42 Å². The van der Waals surface area contributed by atoms with Gasteiger partial charge in [-0.1, -0.05) is 47.6 Å². The number of carbonyl (C=O) groups is 1. The fourth-order valence-corrected chi connectivity index (χ4v) is 2.70. The zero-order chi connectivity index (χ0) is 12.6. The highest BCUT2D eigenvalue weighted by molar-refractivity contribution is 5.95. The van der Waals surface area contributed by atoms with Gasteiger partial charge in [-0.2, -0.15) is 0 Å². The van der Waals surface area contributed by atoms with Crippen molar-refractivity contribution in [3.8, 4) is 0 Å². The van der Waals surface area contributed by atoms with Crippen LogP contribution < -0.4 is 0 Å². The summed E-state index contributed by atoms with van der Waals surface area (Å²) in [6, 6.07) is 0. The number of carbonyl (C=O) groups excluding carboxylic acids is 1. The van der Waals surface area contributed by atoms with Crippen LogP contribution in [-0.4, -0.2) is 5.78 Å². The van der Waals surface area contributed by atoms with Crippen molar-refractivity contribution in [2.24, 2.45) is 22.7 Å². The molecule has 0 aromatic carbocycles. The van der Waals surface area contributed by atoms with Gasteiger partial charge in [-0.25, -0.2) is 0 Å². The summed E-state index contributed by atoms with van der Waals surface area (Å²) < 4.78 is 0. The largest absolute Gasteiger partial charge is 0.294 e. The first-order chi connectivity index (χ1) is 7.12. The predicted octanol–water partition coefficient (Wildman–Crippen LogP) is 4.23. The summed E-state index contributed by atoms with van der Waals surface area (Å²) in [5.74, 6) is 1.50. The molecule has 1 aliphatic rings. The van der Waals surface area contributed by atoms with Crippen molar-refractivity contribution in [1.29, 1.82) is 0 Å². The molecule has 0 aliphatic heterocycles. The van der Waals surface area contributed by atoms with Crippen LogP contribution in [0.3, 0.4) is 0 Å². The molecule has 1 aliphatic carbocycles. The van der Waals surface area contributed by atoms with Gasteiger partial charge in [0.2, 0.25) is 0 Å². The summed E-state index contributed by atoms with van der Waals surface area (Å²) in [7, 11) is 0. The van der Waals surface area contributed by atoms with Gasteiger partial charge < -0.3 is 0 Å². The summed E-state index contributed by atoms with van der Waals surface area (Å²) in [6.07, 6.45) is 6.14. The van der Waals surface area contributed by atoms with Crippen molar-refractivity contribution in [2.45, 2.75) is 54.4 Å². The molecule has 16 heavy (non-hydrogen) atoms. The standard InChI is InChI=1S/C15H26O/c1-11(9-14(2,3)4)12-7-8-13(16)15(5,6)10-12/h7-8,11-12H,9-10H2,1-6H3. The minimum atomic E-state index is -0.161. The minimum absolute atomic E-state index is 0.161. The van der Waals surface area contributed by atoms with Crippen LogP contribution >= 0.6 is 0 Å². The van der Waals surface area contributed by atoms with E-state index in [9.17, 15) is 4.79 Å². The van der Waals surface area contributed by atoms with Crippen molar-refractivity contribution < 1.29 is 4.79 Å². The van der Waals surface area contributed by atoms with Crippen LogP contribution in [0.25, 0.3) is 0 Å². The molecule has 0 bridgehead atoms. The Balaban J connectivity index is 2.70. The lowest BCUT2D eigenvalue weighted by Gasteiger charge is -2.35. The fraction of sp³-hybridized carbons (Fsp3) is 0.800. The van der Waals surface area contributed by atoms with Crippen LogP contribution in [0.5, 0.6) is 0 Å². The van der Waals surface area contributed by atoms with Crippen LogP contribution in [0.2, 0.25) is 0 Å². The van der Waals surface area contributed by atoms with E-state index in [0.29, 0.717) is 17.3 Å². The maximum absolute atomic E-state index is 11.7. The second-order valence-electron chi connectivity index (χ2n) is 7.22. The molecule has 0 saturated carbocycles. The number of allylic oxidation sites excluding steroid dienone is 2. The zero-order valence-corrected chi connectivity index (χ0v) is 11.6. The third-order valence-corrected chi connectivity index (χ3v) is 3.57. The van der Waals surface area contributed by atoms with Gasteiger partial charge in [0.15, 0.2) is 5.78 Å². The van der Waals surface area contributed by atoms with Crippen LogP contribution in [-0.2, 0) is 4.79 Å². The number of hydrogen-bond donors (Lipinski definition) is 0. The molecular weight excluding hydrogens is 196 g/mol. The molecule has 0 aromatic heterocycles. The second-order valence-corrected chi connectivity index (χ2v) is 7.22. The predicted molar refractivity (Wildman–Crippen MR) is 69.3 cm³/mol. The molecule has 0 aromatic rings. The highest BCUT2D eigenvalue weighted by Gasteiger charge is 2.34. The van der Waals surface area contributed by atoms with E-state index in [4.69, 9.17) is 0 Å². The van der Waals surface area contributed by atoms with Gasteiger partial charge in [0.25, 0.3) is 0 Å².